The molecule has 0 aromatic heterocycles. The first-order valence-electron chi connectivity index (χ1n) is 4.64. The van der Waals surface area contributed by atoms with Crippen molar-refractivity contribution in [2.75, 3.05) is 0 Å². The second kappa shape index (κ2) is 4.33. The quantitative estimate of drug-likeness (QED) is 0.749. The first-order chi connectivity index (χ1) is 6.56. The van der Waals surface area contributed by atoms with Gasteiger partial charge in [0.1, 0.15) is 5.82 Å². The van der Waals surface area contributed by atoms with E-state index >= 15 is 0 Å². The summed E-state index contributed by atoms with van der Waals surface area (Å²) < 4.78 is 12.9. The summed E-state index contributed by atoms with van der Waals surface area (Å²) in [6, 6.07) is 3.66. The van der Waals surface area contributed by atoms with Crippen LogP contribution in [0.1, 0.15) is 29.8 Å². The van der Waals surface area contributed by atoms with Gasteiger partial charge in [-0.15, -0.1) is 0 Å². The van der Waals surface area contributed by atoms with Crippen molar-refractivity contribution in [2.45, 2.75) is 26.3 Å². The van der Waals surface area contributed by atoms with Crippen molar-refractivity contribution in [3.8, 4) is 0 Å². The van der Waals surface area contributed by atoms with Gasteiger partial charge in [0, 0.05) is 5.56 Å². The molecule has 1 atom stereocenters. The molecular weight excluding hydrogens is 181 g/mol. The summed E-state index contributed by atoms with van der Waals surface area (Å²) >= 11 is 0. The summed E-state index contributed by atoms with van der Waals surface area (Å²) in [5, 5.41) is 0. The Hall–Kier alpha value is -1.22. The number of benzene rings is 1. The van der Waals surface area contributed by atoms with E-state index in [1.54, 1.807) is 13.0 Å². The third-order valence-electron chi connectivity index (χ3n) is 2.13. The van der Waals surface area contributed by atoms with Crippen LogP contribution in [-0.4, -0.2) is 11.8 Å². The number of nitrogens with two attached hydrogens (primary N) is 1. The number of halogens is 1. The Morgan fingerprint density at radius 1 is 1.57 bits per heavy atom. The Labute approximate surface area is 82.9 Å². The Morgan fingerprint density at radius 2 is 2.21 bits per heavy atom. The standard InChI is InChI=1S/C11H14FNO/c1-3-8-4-5-9(12)6-10(8)11(14)7(2)13/h4-7H,3,13H2,1-2H3. The number of hydrogen-bond acceptors (Lipinski definition) is 2. The van der Waals surface area contributed by atoms with E-state index in [0.717, 1.165) is 5.56 Å². The van der Waals surface area contributed by atoms with Gasteiger partial charge in [-0.1, -0.05) is 13.0 Å². The molecule has 0 aliphatic carbocycles. The molecule has 0 aliphatic rings. The molecule has 0 saturated carbocycles. The molecule has 76 valence electrons. The van der Waals surface area contributed by atoms with Gasteiger partial charge in [-0.2, -0.15) is 0 Å². The lowest BCUT2D eigenvalue weighted by molar-refractivity contribution is 0.0966. The van der Waals surface area contributed by atoms with Crippen LogP contribution in [0.25, 0.3) is 0 Å². The van der Waals surface area contributed by atoms with E-state index in [-0.39, 0.29) is 5.78 Å². The van der Waals surface area contributed by atoms with Crippen molar-refractivity contribution in [2.24, 2.45) is 5.73 Å². The van der Waals surface area contributed by atoms with Crippen molar-refractivity contribution in [3.05, 3.63) is 35.1 Å². The third kappa shape index (κ3) is 2.17. The van der Waals surface area contributed by atoms with Gasteiger partial charge in [0.25, 0.3) is 0 Å². The first kappa shape index (κ1) is 10.9. The molecule has 1 rings (SSSR count). The van der Waals surface area contributed by atoms with Crippen molar-refractivity contribution < 1.29 is 9.18 Å². The number of carbonyl (C=O) groups is 1. The van der Waals surface area contributed by atoms with Gasteiger partial charge in [-0.05, 0) is 31.0 Å². The highest BCUT2D eigenvalue weighted by atomic mass is 19.1. The summed E-state index contributed by atoms with van der Waals surface area (Å²) in [5.74, 6) is -0.604. The predicted molar refractivity (Wildman–Crippen MR) is 53.8 cm³/mol. The summed E-state index contributed by atoms with van der Waals surface area (Å²) in [7, 11) is 0. The molecule has 0 radical (unpaired) electrons. The smallest absolute Gasteiger partial charge is 0.179 e. The Kier molecular flexibility index (Phi) is 3.36. The van der Waals surface area contributed by atoms with Crippen LogP contribution >= 0.6 is 0 Å². The van der Waals surface area contributed by atoms with E-state index in [4.69, 9.17) is 5.73 Å². The molecule has 3 heteroatoms. The monoisotopic (exact) mass is 195 g/mol. The van der Waals surface area contributed by atoms with E-state index < -0.39 is 11.9 Å². The summed E-state index contributed by atoms with van der Waals surface area (Å²) in [6.45, 7) is 3.53. The van der Waals surface area contributed by atoms with Gasteiger partial charge in [0.2, 0.25) is 0 Å². The van der Waals surface area contributed by atoms with Crippen LogP contribution in [0.15, 0.2) is 18.2 Å². The van der Waals surface area contributed by atoms with Crippen molar-refractivity contribution in [1.82, 2.24) is 0 Å². The lowest BCUT2D eigenvalue weighted by atomic mass is 9.98. The van der Waals surface area contributed by atoms with E-state index in [0.29, 0.717) is 12.0 Å². The zero-order valence-corrected chi connectivity index (χ0v) is 8.38. The number of ketones is 1. The molecule has 0 amide bonds. The second-order valence-corrected chi connectivity index (χ2v) is 3.31. The Bertz CT molecular complexity index is 347. The molecule has 1 unspecified atom stereocenters. The van der Waals surface area contributed by atoms with E-state index in [2.05, 4.69) is 0 Å². The second-order valence-electron chi connectivity index (χ2n) is 3.31. The normalized spacial score (nSPS) is 12.6. The Balaban J connectivity index is 3.17. The van der Waals surface area contributed by atoms with Crippen LogP contribution in [-0.2, 0) is 6.42 Å². The fourth-order valence-electron chi connectivity index (χ4n) is 1.33. The van der Waals surface area contributed by atoms with Crippen molar-refractivity contribution in [1.29, 1.82) is 0 Å². The highest BCUT2D eigenvalue weighted by Crippen LogP contribution is 2.13. The van der Waals surface area contributed by atoms with Crippen LogP contribution in [0.2, 0.25) is 0 Å². The molecule has 0 heterocycles. The average molecular weight is 195 g/mol. The highest BCUT2D eigenvalue weighted by Gasteiger charge is 2.14. The van der Waals surface area contributed by atoms with E-state index in [9.17, 15) is 9.18 Å². The van der Waals surface area contributed by atoms with Gasteiger partial charge >= 0.3 is 0 Å². The minimum atomic E-state index is -0.581. The Morgan fingerprint density at radius 3 is 2.71 bits per heavy atom. The minimum absolute atomic E-state index is 0.207. The minimum Gasteiger partial charge on any atom is -0.321 e. The zero-order valence-electron chi connectivity index (χ0n) is 8.38. The van der Waals surface area contributed by atoms with Crippen LogP contribution in [0, 0.1) is 5.82 Å². The molecule has 0 saturated heterocycles. The van der Waals surface area contributed by atoms with E-state index in [1.807, 2.05) is 6.92 Å². The summed E-state index contributed by atoms with van der Waals surface area (Å²) in [5.41, 5.74) is 6.72. The van der Waals surface area contributed by atoms with Gasteiger partial charge in [-0.25, -0.2) is 4.39 Å². The maximum Gasteiger partial charge on any atom is 0.179 e. The van der Waals surface area contributed by atoms with Crippen molar-refractivity contribution >= 4 is 5.78 Å². The first-order valence-corrected chi connectivity index (χ1v) is 4.64. The molecule has 14 heavy (non-hydrogen) atoms. The van der Waals surface area contributed by atoms with Crippen LogP contribution in [0.5, 0.6) is 0 Å². The van der Waals surface area contributed by atoms with Crippen LogP contribution in [0.3, 0.4) is 0 Å². The lowest BCUT2D eigenvalue weighted by Gasteiger charge is -2.09. The number of aryl methyl sites for hydroxylation is 1. The number of rotatable bonds is 3. The van der Waals surface area contributed by atoms with Gasteiger partial charge in [-0.3, -0.25) is 4.79 Å². The maximum atomic E-state index is 12.9. The summed E-state index contributed by atoms with van der Waals surface area (Å²) in [6.07, 6.45) is 0.702. The molecule has 0 spiro atoms. The highest BCUT2D eigenvalue weighted by molar-refractivity contribution is 6.00. The third-order valence-corrected chi connectivity index (χ3v) is 2.13. The number of carbonyl (C=O) groups excluding carboxylic acids is 1. The molecule has 0 bridgehead atoms. The fraction of sp³-hybridized carbons (Fsp3) is 0.364. The molecular formula is C11H14FNO. The molecule has 0 aliphatic heterocycles. The topological polar surface area (TPSA) is 43.1 Å². The SMILES string of the molecule is CCc1ccc(F)cc1C(=O)C(C)N. The van der Waals surface area contributed by atoms with Gasteiger partial charge < -0.3 is 5.73 Å². The number of Topliss-reactive ketones (excluding diaryl/α,β-unsaturated/α-hetero) is 1. The summed E-state index contributed by atoms with van der Waals surface area (Å²) in [4.78, 5) is 11.6. The number of hydrogen-bond donors (Lipinski definition) is 1. The zero-order chi connectivity index (χ0) is 10.7. The molecule has 1 aromatic rings. The fourth-order valence-corrected chi connectivity index (χ4v) is 1.33. The maximum absolute atomic E-state index is 12.9. The molecule has 2 N–H and O–H groups in total. The van der Waals surface area contributed by atoms with Gasteiger partial charge in [0.15, 0.2) is 5.78 Å². The van der Waals surface area contributed by atoms with Crippen LogP contribution < -0.4 is 5.73 Å². The molecule has 0 fully saturated rings. The van der Waals surface area contributed by atoms with Crippen LogP contribution in [0.4, 0.5) is 4.39 Å². The van der Waals surface area contributed by atoms with Crippen molar-refractivity contribution in [3.63, 3.8) is 0 Å². The van der Waals surface area contributed by atoms with E-state index in [1.165, 1.54) is 12.1 Å². The lowest BCUT2D eigenvalue weighted by Crippen LogP contribution is -2.27. The predicted octanol–water partition coefficient (Wildman–Crippen LogP) is 1.92. The molecule has 1 aromatic carbocycles. The largest absolute Gasteiger partial charge is 0.321 e. The molecule has 2 nitrogen and oxygen atoms in total. The average Bonchev–Trinajstić information content (AvgIpc) is 2.16. The van der Waals surface area contributed by atoms with Gasteiger partial charge in [0.05, 0.1) is 6.04 Å².